The lowest BCUT2D eigenvalue weighted by Crippen LogP contribution is -2.16. The highest BCUT2D eigenvalue weighted by Gasteiger charge is 2.13. The number of hydrogen-bond donors (Lipinski definition) is 4. The molecule has 0 aliphatic carbocycles. The minimum Gasteiger partial charge on any atom is -0.382 e. The lowest BCUT2D eigenvalue weighted by Gasteiger charge is -2.08. The summed E-state index contributed by atoms with van der Waals surface area (Å²) in [6, 6.07) is 7.29. The van der Waals surface area contributed by atoms with Gasteiger partial charge in [-0.1, -0.05) is 0 Å². The predicted octanol–water partition coefficient (Wildman–Crippen LogP) is 2.34. The second kappa shape index (κ2) is 11.6. The van der Waals surface area contributed by atoms with Gasteiger partial charge in [0.15, 0.2) is 22.9 Å². The van der Waals surface area contributed by atoms with Crippen LogP contribution in [0.2, 0.25) is 0 Å². The molecule has 17 heteroatoms. The Morgan fingerprint density at radius 2 is 1.44 bits per heavy atom. The minimum absolute atomic E-state index is 0.143. The van der Waals surface area contributed by atoms with Crippen molar-refractivity contribution < 1.29 is 9.59 Å². The monoisotopic (exact) mass is 598 g/mol. The summed E-state index contributed by atoms with van der Waals surface area (Å²) < 4.78 is 5.31. The van der Waals surface area contributed by atoms with Crippen LogP contribution < -0.4 is 22.1 Å². The number of nitrogens with zero attached hydrogens (tertiary/aromatic N) is 10. The van der Waals surface area contributed by atoms with Crippen LogP contribution in [0.1, 0.15) is 17.7 Å². The second-order valence-electron chi connectivity index (χ2n) is 9.43. The van der Waals surface area contributed by atoms with Gasteiger partial charge >= 0.3 is 0 Å². The van der Waals surface area contributed by atoms with Crippen molar-refractivity contribution in [1.29, 1.82) is 0 Å². The van der Waals surface area contributed by atoms with Crippen molar-refractivity contribution >= 4 is 80.0 Å². The van der Waals surface area contributed by atoms with Gasteiger partial charge < -0.3 is 35.8 Å². The van der Waals surface area contributed by atoms with E-state index in [1.165, 1.54) is 24.0 Å². The van der Waals surface area contributed by atoms with Crippen LogP contribution in [0.3, 0.4) is 0 Å². The van der Waals surface area contributed by atoms with Crippen molar-refractivity contribution in [3.05, 3.63) is 54.5 Å². The molecule has 0 saturated carbocycles. The summed E-state index contributed by atoms with van der Waals surface area (Å²) in [5.74, 6) is 1.55. The fraction of sp³-hybridized carbons (Fsp3) is 0.192. The second-order valence-corrected chi connectivity index (χ2v) is 10.5. The highest BCUT2D eigenvalue weighted by atomic mass is 32.1. The Hall–Kier alpha value is -5.71. The van der Waals surface area contributed by atoms with Gasteiger partial charge in [-0.3, -0.25) is 9.59 Å². The van der Waals surface area contributed by atoms with Crippen LogP contribution in [-0.4, -0.2) is 61.6 Å². The van der Waals surface area contributed by atoms with Gasteiger partial charge in [0.2, 0.25) is 11.8 Å². The Balaban J connectivity index is 1.00. The Morgan fingerprint density at radius 3 is 2.07 bits per heavy atom. The summed E-state index contributed by atoms with van der Waals surface area (Å²) in [6.07, 6.45) is 8.09. The van der Waals surface area contributed by atoms with E-state index >= 15 is 0 Å². The highest BCUT2D eigenvalue weighted by Crippen LogP contribution is 2.24. The van der Waals surface area contributed by atoms with Crippen molar-refractivity contribution in [1.82, 2.24) is 43.6 Å². The normalized spacial score (nSPS) is 11.6. The van der Waals surface area contributed by atoms with Crippen LogP contribution in [0.15, 0.2) is 54.6 Å². The maximum atomic E-state index is 12.6. The standard InChI is InChI=1S/C26H26N14O2S/c1-38-16(3-4-17(38)36-18(41)6-8-39-13-34-21-23(27)30-11-32-25(21)39)29-10-15-2-5-20(43-15)37-19(42)7-9-40-14-35-22-24(28)31-12-33-26(22)40/h2-5,10-14H,6-9H2,1H3,(H,36,41)(H,37,42)(H2,27,30,32)(H2,28,31,33). The van der Waals surface area contributed by atoms with Gasteiger partial charge in [-0.2, -0.15) is 0 Å². The predicted molar refractivity (Wildman–Crippen MR) is 163 cm³/mol. The van der Waals surface area contributed by atoms with E-state index in [0.717, 1.165) is 4.88 Å². The first-order valence-electron chi connectivity index (χ1n) is 13.1. The van der Waals surface area contributed by atoms with Gasteiger partial charge in [-0.25, -0.2) is 34.9 Å². The number of thiophene rings is 1. The van der Waals surface area contributed by atoms with E-state index in [2.05, 4.69) is 45.5 Å². The molecule has 6 rings (SSSR count). The third-order valence-electron chi connectivity index (χ3n) is 6.59. The quantitative estimate of drug-likeness (QED) is 0.169. The molecule has 2 amide bonds. The van der Waals surface area contributed by atoms with Crippen LogP contribution in [0.4, 0.5) is 28.3 Å². The molecule has 218 valence electrons. The Kier molecular flexibility index (Phi) is 7.44. The lowest BCUT2D eigenvalue weighted by atomic mass is 10.4. The molecule has 6 aromatic rings. The largest absolute Gasteiger partial charge is 0.382 e. The van der Waals surface area contributed by atoms with E-state index in [1.807, 2.05) is 25.2 Å². The average molecular weight is 599 g/mol. The van der Waals surface area contributed by atoms with Gasteiger partial charge in [0, 0.05) is 44.1 Å². The summed E-state index contributed by atoms with van der Waals surface area (Å²) >= 11 is 1.40. The molecule has 0 spiro atoms. The third kappa shape index (κ3) is 5.87. The van der Waals surface area contributed by atoms with Crippen LogP contribution in [0, 0.1) is 0 Å². The molecule has 0 unspecified atom stereocenters. The van der Waals surface area contributed by atoms with Gasteiger partial charge in [0.1, 0.15) is 35.3 Å². The van der Waals surface area contributed by atoms with Crippen molar-refractivity contribution in [3.63, 3.8) is 0 Å². The lowest BCUT2D eigenvalue weighted by molar-refractivity contribution is -0.117. The molecule has 0 atom stereocenters. The van der Waals surface area contributed by atoms with Crippen molar-refractivity contribution in [2.75, 3.05) is 22.1 Å². The zero-order valence-electron chi connectivity index (χ0n) is 22.9. The van der Waals surface area contributed by atoms with Crippen LogP contribution >= 0.6 is 11.3 Å². The molecule has 6 aromatic heterocycles. The molecule has 0 saturated heterocycles. The number of aliphatic imine (C=N–C) groups is 1. The minimum atomic E-state index is -0.169. The van der Waals surface area contributed by atoms with Crippen molar-refractivity contribution in [3.8, 4) is 0 Å². The van der Waals surface area contributed by atoms with E-state index in [-0.39, 0.29) is 24.7 Å². The van der Waals surface area contributed by atoms with E-state index in [1.54, 1.807) is 38.6 Å². The molecule has 0 radical (unpaired) electrons. The van der Waals surface area contributed by atoms with Gasteiger partial charge in [0.25, 0.3) is 0 Å². The van der Waals surface area contributed by atoms with Gasteiger partial charge in [-0.05, 0) is 24.3 Å². The first-order chi connectivity index (χ1) is 20.9. The number of fused-ring (bicyclic) bond motifs is 2. The summed E-state index contributed by atoms with van der Waals surface area (Å²) in [6.45, 7) is 0.783. The molecular weight excluding hydrogens is 572 g/mol. The molecule has 16 nitrogen and oxygen atoms in total. The number of rotatable bonds is 10. The van der Waals surface area contributed by atoms with Crippen LogP contribution in [-0.2, 0) is 29.7 Å². The number of hydrogen-bond acceptors (Lipinski definition) is 12. The number of nitrogens with one attached hydrogen (secondary N) is 2. The van der Waals surface area contributed by atoms with Gasteiger partial charge in [-0.15, -0.1) is 11.3 Å². The molecule has 0 fully saturated rings. The number of carbonyl (C=O) groups excluding carboxylic acids is 2. The average Bonchev–Trinajstić information content (AvgIpc) is 3.78. The van der Waals surface area contributed by atoms with Crippen LogP contribution in [0.5, 0.6) is 0 Å². The number of nitrogens with two attached hydrogens (primary N) is 2. The summed E-state index contributed by atoms with van der Waals surface area (Å²) in [7, 11) is 1.81. The Bertz CT molecular complexity index is 1980. The topological polar surface area (TPSA) is 215 Å². The Morgan fingerprint density at radius 1 is 0.837 bits per heavy atom. The summed E-state index contributed by atoms with van der Waals surface area (Å²) in [5.41, 5.74) is 13.8. The molecule has 0 aliphatic heterocycles. The van der Waals surface area contributed by atoms with Crippen LogP contribution in [0.25, 0.3) is 22.3 Å². The third-order valence-corrected chi connectivity index (χ3v) is 7.53. The summed E-state index contributed by atoms with van der Waals surface area (Å²) in [4.78, 5) is 55.2. The fourth-order valence-electron chi connectivity index (χ4n) is 4.35. The van der Waals surface area contributed by atoms with E-state index < -0.39 is 0 Å². The van der Waals surface area contributed by atoms with Gasteiger partial charge in [0.05, 0.1) is 17.7 Å². The van der Waals surface area contributed by atoms with Crippen molar-refractivity contribution in [2.24, 2.45) is 12.0 Å². The molecule has 43 heavy (non-hydrogen) atoms. The fourth-order valence-corrected chi connectivity index (χ4v) is 5.15. The first-order valence-corrected chi connectivity index (χ1v) is 13.9. The number of aryl methyl sites for hydroxylation is 2. The van der Waals surface area contributed by atoms with E-state index in [9.17, 15) is 9.59 Å². The smallest absolute Gasteiger partial charge is 0.227 e. The van der Waals surface area contributed by atoms with E-state index in [4.69, 9.17) is 11.5 Å². The molecule has 6 N–H and O–H groups in total. The van der Waals surface area contributed by atoms with E-state index in [0.29, 0.717) is 63.7 Å². The SMILES string of the molecule is Cn1c(N=Cc2ccc(NC(=O)CCn3cnc4c(N)ncnc43)s2)ccc1NC(=O)CCn1cnc2c(N)ncnc21. The number of imidazole rings is 2. The highest BCUT2D eigenvalue weighted by molar-refractivity contribution is 7.17. The zero-order chi connectivity index (χ0) is 29.9. The number of aromatic nitrogens is 9. The molecule has 0 aromatic carbocycles. The number of carbonyl (C=O) groups is 2. The molecule has 6 heterocycles. The van der Waals surface area contributed by atoms with Crippen molar-refractivity contribution in [2.45, 2.75) is 25.9 Å². The molecule has 0 bridgehead atoms. The summed E-state index contributed by atoms with van der Waals surface area (Å²) in [5, 5.41) is 6.52. The number of anilines is 4. The maximum Gasteiger partial charge on any atom is 0.227 e. The maximum absolute atomic E-state index is 12.6. The molecule has 0 aliphatic rings. The molecular formula is C26H26N14O2S. The zero-order valence-corrected chi connectivity index (χ0v) is 23.7. The number of nitrogen functional groups attached to an aromatic ring is 2. The number of amides is 2. The first kappa shape index (κ1) is 27.5. The Labute approximate surface area is 247 Å².